The van der Waals surface area contributed by atoms with Gasteiger partial charge in [-0.3, -0.25) is 4.79 Å². The molecule has 1 aliphatic heterocycles. The topological polar surface area (TPSA) is 77.7 Å². The van der Waals surface area contributed by atoms with Gasteiger partial charge in [-0.2, -0.15) is 4.98 Å². The molecule has 3 aromatic rings. The molecule has 1 aliphatic rings. The Morgan fingerprint density at radius 1 is 1.17 bits per heavy atom. The number of carbonyl (C=O) groups is 1. The highest BCUT2D eigenvalue weighted by Gasteiger charge is 2.36. The number of carbonyl (C=O) groups excluding carboxylic acids is 1. The van der Waals surface area contributed by atoms with Crippen molar-refractivity contribution in [3.8, 4) is 22.9 Å². The largest absolute Gasteiger partial charge is 0.493 e. The number of aromatic nitrogens is 2. The highest BCUT2D eigenvalue weighted by Crippen LogP contribution is 2.36. The van der Waals surface area contributed by atoms with Gasteiger partial charge in [-0.05, 0) is 42.3 Å². The van der Waals surface area contributed by atoms with Crippen LogP contribution in [-0.4, -0.2) is 35.2 Å². The highest BCUT2D eigenvalue weighted by molar-refractivity contribution is 9.10. The summed E-state index contributed by atoms with van der Waals surface area (Å²) in [5, 5.41) is 4.11. The monoisotopic (exact) mass is 457 g/mol. The van der Waals surface area contributed by atoms with Crippen LogP contribution in [0.3, 0.4) is 0 Å². The van der Waals surface area contributed by atoms with E-state index in [-0.39, 0.29) is 11.9 Å². The van der Waals surface area contributed by atoms with Gasteiger partial charge < -0.3 is 18.9 Å². The number of ether oxygens (including phenoxy) is 2. The minimum atomic E-state index is -0.233. The highest BCUT2D eigenvalue weighted by atomic mass is 79.9. The molecule has 29 heavy (non-hydrogen) atoms. The lowest BCUT2D eigenvalue weighted by atomic mass is 10.1. The van der Waals surface area contributed by atoms with Crippen molar-refractivity contribution in [2.24, 2.45) is 0 Å². The number of rotatable bonds is 6. The fourth-order valence-corrected chi connectivity index (χ4v) is 3.93. The SMILES string of the molecule is COc1ccc(-c2noc(C3CCC(=O)N3Cc3cccc(Br)c3)n2)cc1OC. The number of hydrogen-bond donors (Lipinski definition) is 0. The maximum Gasteiger partial charge on any atom is 0.249 e. The van der Waals surface area contributed by atoms with Crippen molar-refractivity contribution in [2.45, 2.75) is 25.4 Å². The predicted octanol–water partition coefficient (Wildman–Crippen LogP) is 4.38. The molecule has 0 aliphatic carbocycles. The zero-order valence-corrected chi connectivity index (χ0v) is 17.7. The summed E-state index contributed by atoms with van der Waals surface area (Å²) in [7, 11) is 3.16. The third-order valence-corrected chi connectivity index (χ3v) is 5.43. The predicted molar refractivity (Wildman–Crippen MR) is 110 cm³/mol. The Hall–Kier alpha value is -2.87. The second-order valence-electron chi connectivity index (χ2n) is 6.73. The molecule has 8 heteroatoms. The molecule has 1 aromatic heterocycles. The first-order valence-corrected chi connectivity index (χ1v) is 9.98. The van der Waals surface area contributed by atoms with E-state index in [1.807, 2.05) is 30.3 Å². The number of amides is 1. The molecule has 2 heterocycles. The van der Waals surface area contributed by atoms with Crippen LogP contribution in [-0.2, 0) is 11.3 Å². The van der Waals surface area contributed by atoms with Gasteiger partial charge in [0.15, 0.2) is 11.5 Å². The molecule has 2 aromatic carbocycles. The molecule has 1 amide bonds. The summed E-state index contributed by atoms with van der Waals surface area (Å²) in [6.45, 7) is 0.497. The summed E-state index contributed by atoms with van der Waals surface area (Å²) in [5.74, 6) is 2.18. The van der Waals surface area contributed by atoms with Gasteiger partial charge in [-0.15, -0.1) is 0 Å². The summed E-state index contributed by atoms with van der Waals surface area (Å²) in [6, 6.07) is 13.1. The Morgan fingerprint density at radius 3 is 2.76 bits per heavy atom. The molecular formula is C21H20BrN3O4. The molecule has 4 rings (SSSR count). The average Bonchev–Trinajstić information content (AvgIpc) is 3.35. The maximum atomic E-state index is 12.5. The number of likely N-dealkylation sites (tertiary alicyclic amines) is 1. The smallest absolute Gasteiger partial charge is 0.249 e. The Labute approximate surface area is 176 Å². The Kier molecular flexibility index (Phi) is 5.53. The normalized spacial score (nSPS) is 16.3. The van der Waals surface area contributed by atoms with Crippen LogP contribution in [0.1, 0.15) is 30.3 Å². The fourth-order valence-electron chi connectivity index (χ4n) is 3.48. The van der Waals surface area contributed by atoms with E-state index >= 15 is 0 Å². The maximum absolute atomic E-state index is 12.5. The van der Waals surface area contributed by atoms with E-state index in [4.69, 9.17) is 14.0 Å². The average molecular weight is 458 g/mol. The minimum Gasteiger partial charge on any atom is -0.493 e. The quantitative estimate of drug-likeness (QED) is 0.546. The van der Waals surface area contributed by atoms with E-state index in [2.05, 4.69) is 26.1 Å². The Morgan fingerprint density at radius 2 is 2.00 bits per heavy atom. The van der Waals surface area contributed by atoms with Crippen molar-refractivity contribution < 1.29 is 18.8 Å². The van der Waals surface area contributed by atoms with Crippen LogP contribution >= 0.6 is 15.9 Å². The van der Waals surface area contributed by atoms with E-state index in [9.17, 15) is 4.79 Å². The first-order valence-electron chi connectivity index (χ1n) is 9.19. The number of nitrogens with zero attached hydrogens (tertiary/aromatic N) is 3. The van der Waals surface area contributed by atoms with Crippen LogP contribution in [0, 0.1) is 0 Å². The number of methoxy groups -OCH3 is 2. The van der Waals surface area contributed by atoms with Crippen LogP contribution in [0.25, 0.3) is 11.4 Å². The molecule has 150 valence electrons. The van der Waals surface area contributed by atoms with E-state index in [1.165, 1.54) is 0 Å². The molecule has 0 bridgehead atoms. The molecule has 0 saturated carbocycles. The van der Waals surface area contributed by atoms with E-state index in [1.54, 1.807) is 31.3 Å². The molecule has 1 fully saturated rings. The van der Waals surface area contributed by atoms with Crippen LogP contribution in [0.4, 0.5) is 0 Å². The van der Waals surface area contributed by atoms with Gasteiger partial charge in [0, 0.05) is 23.0 Å². The summed E-state index contributed by atoms with van der Waals surface area (Å²) in [5.41, 5.74) is 1.79. The second-order valence-corrected chi connectivity index (χ2v) is 7.65. The van der Waals surface area contributed by atoms with Crippen LogP contribution in [0.2, 0.25) is 0 Å². The number of benzene rings is 2. The molecule has 1 unspecified atom stereocenters. The lowest BCUT2D eigenvalue weighted by Crippen LogP contribution is -2.27. The van der Waals surface area contributed by atoms with Crippen molar-refractivity contribution in [1.29, 1.82) is 0 Å². The Balaban J connectivity index is 1.59. The summed E-state index contributed by atoms with van der Waals surface area (Å²) < 4.78 is 17.1. The Bertz CT molecular complexity index is 1040. The molecule has 0 spiro atoms. The van der Waals surface area contributed by atoms with E-state index in [0.717, 1.165) is 15.6 Å². The minimum absolute atomic E-state index is 0.0841. The van der Waals surface area contributed by atoms with Gasteiger partial charge in [-0.25, -0.2) is 0 Å². The van der Waals surface area contributed by atoms with Crippen molar-refractivity contribution >= 4 is 21.8 Å². The molecule has 1 atom stereocenters. The van der Waals surface area contributed by atoms with Gasteiger partial charge in [-0.1, -0.05) is 33.2 Å². The van der Waals surface area contributed by atoms with Crippen molar-refractivity contribution in [1.82, 2.24) is 15.0 Å². The zero-order chi connectivity index (χ0) is 20.4. The number of halogens is 1. The molecule has 1 saturated heterocycles. The van der Waals surface area contributed by atoms with Crippen LogP contribution in [0.15, 0.2) is 51.5 Å². The summed E-state index contributed by atoms with van der Waals surface area (Å²) in [6.07, 6.45) is 1.12. The third kappa shape index (κ3) is 3.98. The van der Waals surface area contributed by atoms with E-state index in [0.29, 0.717) is 42.6 Å². The third-order valence-electron chi connectivity index (χ3n) is 4.94. The van der Waals surface area contributed by atoms with Gasteiger partial charge in [0.25, 0.3) is 0 Å². The molecular weight excluding hydrogens is 438 g/mol. The lowest BCUT2D eigenvalue weighted by molar-refractivity contribution is -0.129. The number of hydrogen-bond acceptors (Lipinski definition) is 6. The van der Waals surface area contributed by atoms with Crippen LogP contribution < -0.4 is 9.47 Å². The summed E-state index contributed by atoms with van der Waals surface area (Å²) in [4.78, 5) is 18.8. The summed E-state index contributed by atoms with van der Waals surface area (Å²) >= 11 is 3.47. The van der Waals surface area contributed by atoms with Crippen molar-refractivity contribution in [2.75, 3.05) is 14.2 Å². The van der Waals surface area contributed by atoms with Gasteiger partial charge in [0.1, 0.15) is 6.04 Å². The first-order chi connectivity index (χ1) is 14.1. The van der Waals surface area contributed by atoms with Crippen molar-refractivity contribution in [3.05, 3.63) is 58.4 Å². The van der Waals surface area contributed by atoms with Gasteiger partial charge in [0.2, 0.25) is 17.6 Å². The van der Waals surface area contributed by atoms with Gasteiger partial charge in [0.05, 0.1) is 14.2 Å². The fraction of sp³-hybridized carbons (Fsp3) is 0.286. The van der Waals surface area contributed by atoms with Crippen molar-refractivity contribution in [3.63, 3.8) is 0 Å². The van der Waals surface area contributed by atoms with Crippen LogP contribution in [0.5, 0.6) is 11.5 Å². The van der Waals surface area contributed by atoms with Gasteiger partial charge >= 0.3 is 0 Å². The molecule has 0 radical (unpaired) electrons. The second kappa shape index (κ2) is 8.24. The van der Waals surface area contributed by atoms with E-state index < -0.39 is 0 Å². The molecule has 7 nitrogen and oxygen atoms in total. The first kappa shape index (κ1) is 19.4. The standard InChI is InChI=1S/C21H20BrN3O4/c1-27-17-8-6-14(11-18(17)28-2)20-23-21(29-24-20)16-7-9-19(26)25(16)12-13-4-3-5-15(22)10-13/h3-6,8,10-11,16H,7,9,12H2,1-2H3. The zero-order valence-electron chi connectivity index (χ0n) is 16.1. The molecule has 0 N–H and O–H groups in total. The lowest BCUT2D eigenvalue weighted by Gasteiger charge is -2.22.